The molecular weight excluding hydrogens is 373 g/mol. The second kappa shape index (κ2) is 8.69. The van der Waals surface area contributed by atoms with Gasteiger partial charge in [-0.05, 0) is 68.7 Å². The van der Waals surface area contributed by atoms with E-state index in [-0.39, 0.29) is 17.8 Å². The molecule has 1 amide bonds. The molecular formula is C22H24FN3OS. The lowest BCUT2D eigenvalue weighted by molar-refractivity contribution is -0.119. The number of nitrogens with zero attached hydrogens (tertiary/aromatic N) is 2. The Morgan fingerprint density at radius 2 is 1.71 bits per heavy atom. The molecule has 2 aromatic carbocycles. The van der Waals surface area contributed by atoms with Gasteiger partial charge in [0.25, 0.3) is 0 Å². The minimum atomic E-state index is -0.279. The number of carbonyl (C=O) groups excluding carboxylic acids is 1. The van der Waals surface area contributed by atoms with Crippen molar-refractivity contribution >= 4 is 39.8 Å². The molecule has 0 fully saturated rings. The van der Waals surface area contributed by atoms with E-state index in [2.05, 4.69) is 5.32 Å². The Morgan fingerprint density at radius 3 is 2.32 bits per heavy atom. The van der Waals surface area contributed by atoms with E-state index in [0.717, 1.165) is 38.8 Å². The second-order valence-electron chi connectivity index (χ2n) is 7.18. The van der Waals surface area contributed by atoms with Crippen molar-refractivity contribution in [1.29, 1.82) is 0 Å². The number of hydrogen-bond acceptors (Lipinski definition) is 4. The maximum atomic E-state index is 13.3. The number of halogens is 1. The molecule has 1 aliphatic heterocycles. The lowest BCUT2D eigenvalue weighted by Crippen LogP contribution is -2.31. The highest BCUT2D eigenvalue weighted by Crippen LogP contribution is 2.36. The fraction of sp³-hybridized carbons (Fsp3) is 0.318. The van der Waals surface area contributed by atoms with Crippen molar-refractivity contribution in [3.63, 3.8) is 0 Å². The topological polar surface area (TPSA) is 53.8 Å². The number of fused-ring (bicyclic) bond motifs is 1. The van der Waals surface area contributed by atoms with Crippen LogP contribution in [-0.4, -0.2) is 28.5 Å². The van der Waals surface area contributed by atoms with Crippen molar-refractivity contribution in [2.75, 3.05) is 5.75 Å². The summed E-state index contributed by atoms with van der Waals surface area (Å²) in [4.78, 5) is 21.7. The molecule has 2 aromatic rings. The van der Waals surface area contributed by atoms with Crippen LogP contribution in [0.3, 0.4) is 0 Å². The smallest absolute Gasteiger partial charge is 0.230 e. The van der Waals surface area contributed by atoms with Crippen molar-refractivity contribution in [1.82, 2.24) is 5.32 Å². The number of aryl methyl sites for hydroxylation is 2. The summed E-state index contributed by atoms with van der Waals surface area (Å²) < 4.78 is 13.3. The van der Waals surface area contributed by atoms with E-state index in [9.17, 15) is 9.18 Å². The molecule has 0 spiro atoms. The third kappa shape index (κ3) is 5.07. The number of aliphatic imine (C=N–C) groups is 2. The monoisotopic (exact) mass is 397 g/mol. The first-order chi connectivity index (χ1) is 13.3. The molecule has 1 aliphatic rings. The number of hydrogen-bond donors (Lipinski definition) is 1. The molecule has 6 heteroatoms. The summed E-state index contributed by atoms with van der Waals surface area (Å²) in [5, 5.41) is 3.72. The summed E-state index contributed by atoms with van der Waals surface area (Å²) in [7, 11) is 0. The van der Waals surface area contributed by atoms with Crippen LogP contribution < -0.4 is 5.32 Å². The first kappa shape index (κ1) is 20.3. The van der Waals surface area contributed by atoms with Crippen molar-refractivity contribution in [3.05, 3.63) is 58.9 Å². The third-order valence-electron chi connectivity index (χ3n) is 4.41. The predicted molar refractivity (Wildman–Crippen MR) is 116 cm³/mol. The van der Waals surface area contributed by atoms with Crippen LogP contribution in [0.4, 0.5) is 15.8 Å². The van der Waals surface area contributed by atoms with Crippen molar-refractivity contribution < 1.29 is 9.18 Å². The van der Waals surface area contributed by atoms with Crippen LogP contribution in [0.1, 0.15) is 37.0 Å². The van der Waals surface area contributed by atoms with E-state index in [4.69, 9.17) is 9.98 Å². The van der Waals surface area contributed by atoms with Crippen molar-refractivity contribution in [3.8, 4) is 0 Å². The highest BCUT2D eigenvalue weighted by molar-refractivity contribution is 8.14. The molecule has 0 atom stereocenters. The van der Waals surface area contributed by atoms with E-state index < -0.39 is 0 Å². The largest absolute Gasteiger partial charge is 0.353 e. The van der Waals surface area contributed by atoms with Crippen LogP contribution in [0.2, 0.25) is 0 Å². The molecule has 4 nitrogen and oxygen atoms in total. The van der Waals surface area contributed by atoms with Crippen LogP contribution in [0.15, 0.2) is 46.4 Å². The molecule has 0 radical (unpaired) electrons. The summed E-state index contributed by atoms with van der Waals surface area (Å²) in [5.74, 6) is -0.000516. The average molecular weight is 398 g/mol. The molecule has 28 heavy (non-hydrogen) atoms. The van der Waals surface area contributed by atoms with Gasteiger partial charge in [-0.2, -0.15) is 0 Å². The van der Waals surface area contributed by atoms with Gasteiger partial charge in [0.1, 0.15) is 5.82 Å². The first-order valence-corrected chi connectivity index (χ1v) is 10.2. The summed E-state index contributed by atoms with van der Waals surface area (Å²) in [6.45, 7) is 7.96. The highest BCUT2D eigenvalue weighted by atomic mass is 32.2. The van der Waals surface area contributed by atoms with E-state index in [1.54, 1.807) is 12.1 Å². The number of carbonyl (C=O) groups is 1. The minimum Gasteiger partial charge on any atom is -0.353 e. The molecule has 1 N–H and O–H groups in total. The van der Waals surface area contributed by atoms with Crippen LogP contribution in [-0.2, 0) is 4.79 Å². The molecule has 0 aromatic heterocycles. The Hall–Kier alpha value is -2.47. The van der Waals surface area contributed by atoms with Crippen LogP contribution in [0.25, 0.3) is 0 Å². The van der Waals surface area contributed by atoms with Gasteiger partial charge in [0.05, 0.1) is 27.9 Å². The maximum Gasteiger partial charge on any atom is 0.230 e. The normalized spacial score (nSPS) is 13.5. The fourth-order valence-electron chi connectivity index (χ4n) is 2.87. The molecule has 0 unspecified atom stereocenters. The van der Waals surface area contributed by atoms with Gasteiger partial charge < -0.3 is 5.32 Å². The standard InChI is InChI=1S/C22H24FN3OS/c1-13(2)24-21(27)12-28-22-11-18(16-5-7-17(23)8-6-16)25-19-9-14(3)15(4)10-20(19)26-22/h5-10,13H,11-12H2,1-4H3,(H,24,27). The van der Waals surface area contributed by atoms with E-state index >= 15 is 0 Å². The third-order valence-corrected chi connectivity index (χ3v) is 5.38. The summed E-state index contributed by atoms with van der Waals surface area (Å²) in [6, 6.07) is 10.5. The Bertz CT molecular complexity index is 949. The van der Waals surface area contributed by atoms with Gasteiger partial charge in [-0.1, -0.05) is 12.1 Å². The molecule has 146 valence electrons. The van der Waals surface area contributed by atoms with Crippen LogP contribution in [0.5, 0.6) is 0 Å². The van der Waals surface area contributed by atoms with Gasteiger partial charge in [-0.3, -0.25) is 9.79 Å². The van der Waals surface area contributed by atoms with Gasteiger partial charge in [-0.15, -0.1) is 11.8 Å². The van der Waals surface area contributed by atoms with Crippen LogP contribution >= 0.6 is 11.8 Å². The van der Waals surface area contributed by atoms with E-state index in [1.807, 2.05) is 39.8 Å². The van der Waals surface area contributed by atoms with Gasteiger partial charge in [0.15, 0.2) is 0 Å². The lowest BCUT2D eigenvalue weighted by atomic mass is 10.1. The lowest BCUT2D eigenvalue weighted by Gasteiger charge is -2.10. The summed E-state index contributed by atoms with van der Waals surface area (Å²) in [6.07, 6.45) is 0.498. The zero-order valence-corrected chi connectivity index (χ0v) is 17.4. The summed E-state index contributed by atoms with van der Waals surface area (Å²) >= 11 is 1.42. The number of benzene rings is 2. The molecule has 0 aliphatic carbocycles. The van der Waals surface area contributed by atoms with Crippen LogP contribution in [0, 0.1) is 19.7 Å². The van der Waals surface area contributed by atoms with Gasteiger partial charge in [0, 0.05) is 12.5 Å². The molecule has 0 bridgehead atoms. The Balaban J connectivity index is 1.95. The molecule has 3 rings (SSSR count). The SMILES string of the molecule is Cc1cc2c(cc1C)N=C(c1ccc(F)cc1)CC(SCC(=O)NC(C)C)=N2. The number of thioether (sulfide) groups is 1. The number of nitrogens with one attached hydrogen (secondary N) is 1. The number of amides is 1. The quantitative estimate of drug-likeness (QED) is 0.766. The Kier molecular flexibility index (Phi) is 6.29. The molecule has 0 saturated carbocycles. The number of rotatable bonds is 4. The summed E-state index contributed by atoms with van der Waals surface area (Å²) in [5.41, 5.74) is 5.55. The van der Waals surface area contributed by atoms with Gasteiger partial charge >= 0.3 is 0 Å². The Morgan fingerprint density at radius 1 is 1.11 bits per heavy atom. The fourth-order valence-corrected chi connectivity index (χ4v) is 3.65. The highest BCUT2D eigenvalue weighted by Gasteiger charge is 2.17. The van der Waals surface area contributed by atoms with E-state index in [0.29, 0.717) is 12.2 Å². The van der Waals surface area contributed by atoms with Gasteiger partial charge in [-0.25, -0.2) is 9.38 Å². The minimum absolute atomic E-state index is 0.0208. The predicted octanol–water partition coefficient (Wildman–Crippen LogP) is 5.25. The Labute approximate surface area is 169 Å². The zero-order valence-electron chi connectivity index (χ0n) is 16.5. The first-order valence-electron chi connectivity index (χ1n) is 9.26. The maximum absolute atomic E-state index is 13.3. The zero-order chi connectivity index (χ0) is 20.3. The van der Waals surface area contributed by atoms with E-state index in [1.165, 1.54) is 23.9 Å². The second-order valence-corrected chi connectivity index (χ2v) is 8.23. The molecule has 1 heterocycles. The van der Waals surface area contributed by atoms with Crippen molar-refractivity contribution in [2.24, 2.45) is 9.98 Å². The van der Waals surface area contributed by atoms with Crippen molar-refractivity contribution in [2.45, 2.75) is 40.2 Å². The van der Waals surface area contributed by atoms with Gasteiger partial charge in [0.2, 0.25) is 5.91 Å². The average Bonchev–Trinajstić information content (AvgIpc) is 2.80. The molecule has 0 saturated heterocycles.